The van der Waals surface area contributed by atoms with E-state index in [2.05, 4.69) is 5.32 Å². The van der Waals surface area contributed by atoms with Crippen molar-refractivity contribution in [3.8, 4) is 11.5 Å². The van der Waals surface area contributed by atoms with Crippen LogP contribution in [-0.2, 0) is 14.3 Å². The molecule has 0 saturated carbocycles. The van der Waals surface area contributed by atoms with Crippen LogP contribution >= 0.6 is 11.6 Å². The maximum Gasteiger partial charge on any atom is 0.310 e. The molecule has 9 nitrogen and oxygen atoms in total. The van der Waals surface area contributed by atoms with Gasteiger partial charge in [0.05, 0.1) is 35.8 Å². The summed E-state index contributed by atoms with van der Waals surface area (Å²) in [6.07, 6.45) is -1.36. The molecule has 1 unspecified atom stereocenters. The van der Waals surface area contributed by atoms with Crippen LogP contribution in [0.5, 0.6) is 11.5 Å². The van der Waals surface area contributed by atoms with Crippen LogP contribution in [0, 0.1) is 10.1 Å². The van der Waals surface area contributed by atoms with Crippen molar-refractivity contribution in [3.05, 3.63) is 93.5 Å². The van der Waals surface area contributed by atoms with Gasteiger partial charge in [-0.15, -0.1) is 0 Å². The van der Waals surface area contributed by atoms with Gasteiger partial charge in [0.2, 0.25) is 6.10 Å². The summed E-state index contributed by atoms with van der Waals surface area (Å²) in [6.45, 7) is 0.0441. The van der Waals surface area contributed by atoms with E-state index in [1.807, 2.05) is 0 Å². The van der Waals surface area contributed by atoms with Crippen LogP contribution in [0.15, 0.2) is 72.8 Å². The number of hydrogen-bond acceptors (Lipinski definition) is 7. The van der Waals surface area contributed by atoms with E-state index in [-0.39, 0.29) is 29.4 Å². The average Bonchev–Trinajstić information content (AvgIpc) is 2.84. The van der Waals surface area contributed by atoms with E-state index in [0.717, 1.165) is 6.07 Å². The van der Waals surface area contributed by atoms with Gasteiger partial charge in [-0.1, -0.05) is 41.9 Å². The normalized spacial score (nSPS) is 11.2. The van der Waals surface area contributed by atoms with Crippen molar-refractivity contribution in [1.29, 1.82) is 0 Å². The van der Waals surface area contributed by atoms with E-state index in [1.54, 1.807) is 61.7 Å². The quantitative estimate of drug-likeness (QED) is 0.246. The molecule has 0 heterocycles. The summed E-state index contributed by atoms with van der Waals surface area (Å²) >= 11 is 6.07. The second-order valence-electron chi connectivity index (χ2n) is 6.97. The smallest absolute Gasteiger partial charge is 0.310 e. The Kier molecular flexibility index (Phi) is 8.42. The highest BCUT2D eigenvalue weighted by Crippen LogP contribution is 2.28. The molecule has 0 saturated heterocycles. The van der Waals surface area contributed by atoms with Gasteiger partial charge in [0.1, 0.15) is 11.5 Å². The third-order valence-electron chi connectivity index (χ3n) is 4.65. The average molecular weight is 485 g/mol. The lowest BCUT2D eigenvalue weighted by molar-refractivity contribution is -0.384. The van der Waals surface area contributed by atoms with Crippen molar-refractivity contribution < 1.29 is 28.7 Å². The lowest BCUT2D eigenvalue weighted by Gasteiger charge is -2.18. The predicted octanol–water partition coefficient (Wildman–Crippen LogP) is 4.95. The Labute approximate surface area is 200 Å². The molecule has 176 valence electrons. The zero-order valence-corrected chi connectivity index (χ0v) is 18.9. The summed E-state index contributed by atoms with van der Waals surface area (Å²) in [6, 6.07) is 19.0. The van der Waals surface area contributed by atoms with E-state index < -0.39 is 22.9 Å². The Bertz CT molecular complexity index is 1150. The number of nitrogens with one attached hydrogen (secondary N) is 1. The first-order valence-electron chi connectivity index (χ1n) is 10.1. The number of carbonyl (C=O) groups excluding carboxylic acids is 2. The SMILES string of the molecule is COc1ccc(OCCC(=O)OC(C(=O)Nc2ccc([N+](=O)[O-])cc2Cl)c2ccccc2)cc1. The van der Waals surface area contributed by atoms with Crippen LogP contribution in [0.4, 0.5) is 11.4 Å². The molecule has 34 heavy (non-hydrogen) atoms. The topological polar surface area (TPSA) is 117 Å². The molecule has 3 rings (SSSR count). The van der Waals surface area contributed by atoms with Gasteiger partial charge >= 0.3 is 5.97 Å². The molecular weight excluding hydrogens is 464 g/mol. The van der Waals surface area contributed by atoms with Gasteiger partial charge in [-0.3, -0.25) is 19.7 Å². The number of esters is 1. The zero-order valence-electron chi connectivity index (χ0n) is 18.1. The summed E-state index contributed by atoms with van der Waals surface area (Å²) in [5.74, 6) is -0.0750. The van der Waals surface area contributed by atoms with E-state index >= 15 is 0 Å². The Balaban J connectivity index is 1.65. The van der Waals surface area contributed by atoms with Crippen LogP contribution < -0.4 is 14.8 Å². The lowest BCUT2D eigenvalue weighted by atomic mass is 10.1. The largest absolute Gasteiger partial charge is 0.497 e. The van der Waals surface area contributed by atoms with Crippen molar-refractivity contribution in [2.45, 2.75) is 12.5 Å². The van der Waals surface area contributed by atoms with Gasteiger partial charge in [0, 0.05) is 17.7 Å². The third kappa shape index (κ3) is 6.69. The second kappa shape index (κ2) is 11.7. The van der Waals surface area contributed by atoms with Crippen molar-refractivity contribution in [1.82, 2.24) is 0 Å². The number of nitro benzene ring substituents is 1. The van der Waals surface area contributed by atoms with Gasteiger partial charge in [0.25, 0.3) is 11.6 Å². The van der Waals surface area contributed by atoms with E-state index in [1.165, 1.54) is 12.1 Å². The number of rotatable bonds is 10. The minimum Gasteiger partial charge on any atom is -0.497 e. The van der Waals surface area contributed by atoms with Crippen molar-refractivity contribution >= 4 is 34.9 Å². The standard InChI is InChI=1S/C24H21ClN2O7/c1-32-18-8-10-19(11-9-18)33-14-13-22(28)34-23(16-5-3-2-4-6-16)24(29)26-21-12-7-17(27(30)31)15-20(21)25/h2-12,15,23H,13-14H2,1H3,(H,26,29). The molecule has 0 fully saturated rings. The van der Waals surface area contributed by atoms with Crippen LogP contribution in [0.3, 0.4) is 0 Å². The first kappa shape index (κ1) is 24.5. The zero-order chi connectivity index (χ0) is 24.5. The molecule has 0 aliphatic carbocycles. The molecule has 1 N–H and O–H groups in total. The Morgan fingerprint density at radius 2 is 1.71 bits per heavy atom. The van der Waals surface area contributed by atoms with Crippen molar-refractivity contribution in [3.63, 3.8) is 0 Å². The molecular formula is C24H21ClN2O7. The number of nitrogens with zero attached hydrogens (tertiary/aromatic N) is 1. The maximum absolute atomic E-state index is 13.0. The molecule has 0 bridgehead atoms. The van der Waals surface area contributed by atoms with Gasteiger partial charge in [-0.05, 0) is 30.3 Å². The molecule has 0 aliphatic rings. The van der Waals surface area contributed by atoms with E-state index in [9.17, 15) is 19.7 Å². The van der Waals surface area contributed by atoms with E-state index in [4.69, 9.17) is 25.8 Å². The first-order valence-corrected chi connectivity index (χ1v) is 10.5. The number of anilines is 1. The molecule has 0 aromatic heterocycles. The molecule has 3 aromatic rings. The van der Waals surface area contributed by atoms with Crippen LogP contribution in [0.2, 0.25) is 5.02 Å². The highest BCUT2D eigenvalue weighted by molar-refractivity contribution is 6.34. The van der Waals surface area contributed by atoms with Crippen molar-refractivity contribution in [2.24, 2.45) is 0 Å². The van der Waals surface area contributed by atoms with Gasteiger partial charge < -0.3 is 19.5 Å². The molecule has 3 aromatic carbocycles. The summed E-state index contributed by atoms with van der Waals surface area (Å²) in [4.78, 5) is 35.7. The van der Waals surface area contributed by atoms with Crippen LogP contribution in [0.1, 0.15) is 18.1 Å². The lowest BCUT2D eigenvalue weighted by Crippen LogP contribution is -2.26. The first-order chi connectivity index (χ1) is 16.4. The highest BCUT2D eigenvalue weighted by Gasteiger charge is 2.26. The van der Waals surface area contributed by atoms with Crippen LogP contribution in [0.25, 0.3) is 0 Å². The fourth-order valence-corrected chi connectivity index (χ4v) is 3.15. The molecule has 10 heteroatoms. The fourth-order valence-electron chi connectivity index (χ4n) is 2.93. The van der Waals surface area contributed by atoms with E-state index in [0.29, 0.717) is 17.1 Å². The molecule has 0 spiro atoms. The maximum atomic E-state index is 13.0. The Morgan fingerprint density at radius 1 is 1.03 bits per heavy atom. The highest BCUT2D eigenvalue weighted by atomic mass is 35.5. The van der Waals surface area contributed by atoms with Gasteiger partial charge in [-0.2, -0.15) is 0 Å². The summed E-state index contributed by atoms with van der Waals surface area (Å²) in [5.41, 5.74) is 0.380. The predicted molar refractivity (Wildman–Crippen MR) is 125 cm³/mol. The van der Waals surface area contributed by atoms with Crippen LogP contribution in [-0.4, -0.2) is 30.5 Å². The van der Waals surface area contributed by atoms with Gasteiger partial charge in [0.15, 0.2) is 0 Å². The number of ether oxygens (including phenoxy) is 3. The number of carbonyl (C=O) groups is 2. The minimum atomic E-state index is -1.26. The molecule has 1 atom stereocenters. The second-order valence-corrected chi connectivity index (χ2v) is 7.37. The minimum absolute atomic E-state index is 0.0198. The number of amides is 1. The molecule has 0 radical (unpaired) electrons. The monoisotopic (exact) mass is 484 g/mol. The molecule has 0 aliphatic heterocycles. The summed E-state index contributed by atoms with van der Waals surface area (Å²) in [7, 11) is 1.56. The fraction of sp³-hybridized carbons (Fsp3) is 0.167. The Morgan fingerprint density at radius 3 is 2.32 bits per heavy atom. The number of methoxy groups -OCH3 is 1. The van der Waals surface area contributed by atoms with Crippen molar-refractivity contribution in [2.75, 3.05) is 19.0 Å². The molecule has 1 amide bonds. The number of nitro groups is 1. The summed E-state index contributed by atoms with van der Waals surface area (Å²) in [5, 5.41) is 13.4. The van der Waals surface area contributed by atoms with Gasteiger partial charge in [-0.25, -0.2) is 0 Å². The third-order valence-corrected chi connectivity index (χ3v) is 4.96. The number of non-ortho nitro benzene ring substituents is 1. The summed E-state index contributed by atoms with van der Waals surface area (Å²) < 4.78 is 16.1. The number of halogens is 1. The Hall–Kier alpha value is -4.11. The number of hydrogen-bond donors (Lipinski definition) is 1. The number of benzene rings is 3.